The molecule has 324 valence electrons. The van der Waals surface area contributed by atoms with E-state index in [-0.39, 0.29) is 105 Å². The number of para-hydroxylation sites is 4. The summed E-state index contributed by atoms with van der Waals surface area (Å²) in [6, 6.07) is 49.0. The van der Waals surface area contributed by atoms with E-state index in [4.69, 9.17) is 0 Å². The van der Waals surface area contributed by atoms with Gasteiger partial charge in [0.15, 0.2) is 0 Å². The van der Waals surface area contributed by atoms with Crippen molar-refractivity contribution in [3.05, 3.63) is 181 Å². The van der Waals surface area contributed by atoms with E-state index in [1.165, 1.54) is 36.4 Å². The molecule has 2 heterocycles. The molecule has 0 aliphatic heterocycles. The van der Waals surface area contributed by atoms with Crippen LogP contribution in [-0.2, 0) is 20.2 Å². The van der Waals surface area contributed by atoms with Crippen molar-refractivity contribution in [1.82, 2.24) is 19.9 Å². The van der Waals surface area contributed by atoms with Gasteiger partial charge in [-0.25, -0.2) is 0 Å². The quantitative estimate of drug-likeness (QED) is 0.0256. The second-order valence-corrected chi connectivity index (χ2v) is 16.7. The van der Waals surface area contributed by atoms with Gasteiger partial charge in [-0.15, -0.1) is 0 Å². The first-order valence-corrected chi connectivity index (χ1v) is 22.3. The van der Waals surface area contributed by atoms with Crippen molar-refractivity contribution in [3.8, 4) is 0 Å². The van der Waals surface area contributed by atoms with Crippen molar-refractivity contribution in [1.29, 1.82) is 0 Å². The summed E-state index contributed by atoms with van der Waals surface area (Å²) in [6.07, 6.45) is 2.62. The van der Waals surface area contributed by atoms with Gasteiger partial charge in [0.25, 0.3) is 20.2 Å². The topological polar surface area (TPSA) is 232 Å². The average Bonchev–Trinajstić information content (AvgIpc) is 3.27. The first kappa shape index (κ1) is 49.3. The van der Waals surface area contributed by atoms with Crippen LogP contribution in [0, 0.1) is 0 Å². The van der Waals surface area contributed by atoms with Crippen LogP contribution in [0.4, 0.5) is 69.3 Å². The summed E-state index contributed by atoms with van der Waals surface area (Å²) in [6.45, 7) is 0. The van der Waals surface area contributed by atoms with Gasteiger partial charge in [-0.05, 0) is 83.9 Å². The first-order valence-electron chi connectivity index (χ1n) is 19.4. The molecule has 0 unspecified atom stereocenters. The molecule has 0 spiro atoms. The molecule has 0 amide bonds. The van der Waals surface area contributed by atoms with Crippen molar-refractivity contribution in [2.45, 2.75) is 9.79 Å². The molecule has 66 heavy (non-hydrogen) atoms. The third-order valence-corrected chi connectivity index (χ3v) is 11.0. The van der Waals surface area contributed by atoms with Gasteiger partial charge in [0.1, 0.15) is 33.1 Å². The van der Waals surface area contributed by atoms with Crippen LogP contribution < -0.4 is 31.9 Å². The van der Waals surface area contributed by atoms with Crippen molar-refractivity contribution >= 4 is 161 Å². The van der Waals surface area contributed by atoms with Gasteiger partial charge in [0, 0.05) is 46.3 Å². The molecule has 8 aromatic rings. The Labute approximate surface area is 425 Å². The number of nitrogens with zero attached hydrogens (tertiary/aromatic N) is 4. The Balaban J connectivity index is 0.00000360. The van der Waals surface area contributed by atoms with Gasteiger partial charge >= 0.3 is 59.1 Å². The number of hydrogen-bond acceptors (Lipinski definition) is 14. The molecule has 0 atom stereocenters. The molecule has 0 bridgehead atoms. The van der Waals surface area contributed by atoms with Gasteiger partial charge in [-0.2, -0.15) is 36.8 Å². The molecular formula is C46H40N10Na2O6S2. The number of nitrogens with one attached hydrogen (secondary N) is 6. The van der Waals surface area contributed by atoms with Crippen LogP contribution in [0.25, 0.3) is 12.2 Å². The Bertz CT molecular complexity index is 2850. The normalized spacial score (nSPS) is 11.1. The first-order chi connectivity index (χ1) is 30.9. The van der Waals surface area contributed by atoms with Crippen LogP contribution in [0.15, 0.2) is 180 Å². The Morgan fingerprint density at radius 2 is 0.621 bits per heavy atom. The van der Waals surface area contributed by atoms with Gasteiger partial charge in [0.2, 0.25) is 11.9 Å². The predicted molar refractivity (Wildman–Crippen MR) is 265 cm³/mol. The second-order valence-electron chi connectivity index (χ2n) is 13.9. The van der Waals surface area contributed by atoms with Crippen LogP contribution in [0.1, 0.15) is 11.1 Å². The van der Waals surface area contributed by atoms with Crippen LogP contribution in [-0.4, -0.2) is 105 Å². The Kier molecular flexibility index (Phi) is 16.7. The summed E-state index contributed by atoms with van der Waals surface area (Å²) in [5, 5.41) is 19.0. The summed E-state index contributed by atoms with van der Waals surface area (Å²) in [5.74, 6) is 1.92. The molecular weight excluding hydrogens is 899 g/mol. The van der Waals surface area contributed by atoms with Crippen LogP contribution >= 0.6 is 0 Å². The molecule has 8 N–H and O–H groups in total. The summed E-state index contributed by atoms with van der Waals surface area (Å²) in [4.78, 5) is 17.3. The van der Waals surface area contributed by atoms with Gasteiger partial charge in [0.05, 0.1) is 0 Å². The molecule has 0 saturated heterocycles. The van der Waals surface area contributed by atoms with E-state index in [0.717, 1.165) is 22.7 Å². The van der Waals surface area contributed by atoms with E-state index in [0.29, 0.717) is 11.6 Å². The molecule has 16 nitrogen and oxygen atoms in total. The Hall–Kier alpha value is -6.16. The van der Waals surface area contributed by atoms with Crippen molar-refractivity contribution in [2.24, 2.45) is 0 Å². The fourth-order valence-corrected chi connectivity index (χ4v) is 7.74. The zero-order valence-electron chi connectivity index (χ0n) is 33.5. The van der Waals surface area contributed by atoms with Gasteiger partial charge in [-0.3, -0.25) is 9.11 Å². The monoisotopic (exact) mass is 938 g/mol. The van der Waals surface area contributed by atoms with E-state index in [1.54, 1.807) is 24.3 Å². The number of anilines is 12. The fraction of sp³-hybridized carbons (Fsp3) is 0. The standard InChI is InChI=1S/C46H38N10O6S2.2Na.2H/c57-63(58,59)39-27-37(49-43-29-41(47-33-13-5-1-6-14-33)53-45(55-43)51-35-17-9-3-10-18-35)25-23-31(39)21-22-32-24-26-38(28-40(32)64(60,61)62)50-44-30-42(48-34-15-7-2-8-16-34)54-46(56-44)52-36-19-11-4-12-20-36;;;;/h1-30H,(H,57,58,59)(H,60,61,62)(H3,47,49,51,53,55)(H3,48,50,52,54,56);;;;/b22-21+;;;;. The van der Waals surface area contributed by atoms with Gasteiger partial charge in [-0.1, -0.05) is 97.1 Å². The third kappa shape index (κ3) is 13.7. The minimum absolute atomic E-state index is 0. The number of benzene rings is 6. The van der Waals surface area contributed by atoms with E-state index >= 15 is 0 Å². The molecule has 8 rings (SSSR count). The average molecular weight is 939 g/mol. The Morgan fingerprint density at radius 1 is 0.348 bits per heavy atom. The van der Waals surface area contributed by atoms with E-state index < -0.39 is 30.0 Å². The van der Waals surface area contributed by atoms with Crippen molar-refractivity contribution < 1.29 is 25.9 Å². The Morgan fingerprint density at radius 3 is 0.909 bits per heavy atom. The summed E-state index contributed by atoms with van der Waals surface area (Å²) in [7, 11) is -9.65. The molecule has 20 heteroatoms. The van der Waals surface area contributed by atoms with E-state index in [9.17, 15) is 25.9 Å². The SMILES string of the molecule is O=S(=O)(O)c1cc(Nc2cc(Nc3ccccc3)nc(Nc3ccccc3)n2)ccc1/C=C/c1ccc(Nc2cc(Nc3ccccc3)nc(Nc3ccccc3)n2)cc1S(=O)(=O)O.[NaH].[NaH]. The number of rotatable bonds is 16. The molecule has 0 fully saturated rings. The van der Waals surface area contributed by atoms with E-state index in [1.807, 2.05) is 121 Å². The zero-order chi connectivity index (χ0) is 44.5. The van der Waals surface area contributed by atoms with Crippen molar-refractivity contribution in [3.63, 3.8) is 0 Å². The molecule has 6 aromatic carbocycles. The molecule has 0 saturated carbocycles. The summed E-state index contributed by atoms with van der Waals surface area (Å²) >= 11 is 0. The maximum absolute atomic E-state index is 12.8. The molecule has 0 radical (unpaired) electrons. The van der Waals surface area contributed by atoms with Crippen molar-refractivity contribution in [2.75, 3.05) is 31.9 Å². The second kappa shape index (κ2) is 22.4. The van der Waals surface area contributed by atoms with Crippen LogP contribution in [0.5, 0.6) is 0 Å². The summed E-state index contributed by atoms with van der Waals surface area (Å²) in [5.41, 5.74) is 3.57. The van der Waals surface area contributed by atoms with Crippen LogP contribution in [0.3, 0.4) is 0 Å². The van der Waals surface area contributed by atoms with E-state index in [2.05, 4.69) is 51.8 Å². The number of hydrogen-bond donors (Lipinski definition) is 8. The maximum atomic E-state index is 12.8. The molecule has 0 aliphatic rings. The minimum atomic E-state index is -4.83. The van der Waals surface area contributed by atoms with Gasteiger partial charge < -0.3 is 31.9 Å². The fourth-order valence-electron chi connectivity index (χ4n) is 6.32. The molecule has 2 aromatic heterocycles. The molecule has 0 aliphatic carbocycles. The summed E-state index contributed by atoms with van der Waals surface area (Å²) < 4.78 is 71.7. The number of aromatic nitrogens is 4. The van der Waals surface area contributed by atoms with Crippen LogP contribution in [0.2, 0.25) is 0 Å². The predicted octanol–water partition coefficient (Wildman–Crippen LogP) is 9.10. The zero-order valence-corrected chi connectivity index (χ0v) is 35.1. The third-order valence-electron chi connectivity index (χ3n) is 9.17.